The van der Waals surface area contributed by atoms with Crippen molar-refractivity contribution in [1.82, 2.24) is 4.90 Å². The van der Waals surface area contributed by atoms with Crippen LogP contribution in [0.3, 0.4) is 0 Å². The summed E-state index contributed by atoms with van der Waals surface area (Å²) in [5.74, 6) is -0.0441. The highest BCUT2D eigenvalue weighted by Gasteiger charge is 2.42. The summed E-state index contributed by atoms with van der Waals surface area (Å²) in [6.07, 6.45) is -0.441. The van der Waals surface area contributed by atoms with E-state index in [2.05, 4.69) is 33.9 Å². The Morgan fingerprint density at radius 2 is 1.55 bits per heavy atom. The summed E-state index contributed by atoms with van der Waals surface area (Å²) in [6.45, 7) is 0.928. The lowest BCUT2D eigenvalue weighted by atomic mass is 9.85. The molecular weight excluding hydrogens is 379 g/mol. The number of Topliss-reactive ketones (excluding diaryl/α,β-unsaturated/α-hetero) is 1. The van der Waals surface area contributed by atoms with Crippen LogP contribution < -0.4 is 4.74 Å². The number of rotatable bonds is 6. The second-order valence-corrected chi connectivity index (χ2v) is 8.05. The van der Waals surface area contributed by atoms with Crippen LogP contribution in [0.4, 0.5) is 13.2 Å². The van der Waals surface area contributed by atoms with Crippen LogP contribution in [-0.4, -0.2) is 29.1 Å². The first-order valence-corrected chi connectivity index (χ1v) is 10.0. The topological polar surface area (TPSA) is 29.5 Å². The molecule has 6 heteroatoms. The summed E-state index contributed by atoms with van der Waals surface area (Å²) in [5.41, 5.74) is 2.03. The van der Waals surface area contributed by atoms with Gasteiger partial charge in [-0.25, -0.2) is 0 Å². The van der Waals surface area contributed by atoms with E-state index < -0.39 is 6.36 Å². The Morgan fingerprint density at radius 1 is 0.931 bits per heavy atom. The normalized spacial score (nSPS) is 24.4. The number of piperidine rings is 1. The number of carbonyl (C=O) groups excluding carboxylic acids is 1. The van der Waals surface area contributed by atoms with Crippen molar-refractivity contribution in [3.8, 4) is 5.75 Å². The first-order valence-electron chi connectivity index (χ1n) is 10.0. The number of ketones is 1. The number of hydrogen-bond acceptors (Lipinski definition) is 3. The maximum Gasteiger partial charge on any atom is 0.573 e. The predicted octanol–water partition coefficient (Wildman–Crippen LogP) is 5.14. The van der Waals surface area contributed by atoms with E-state index in [0.29, 0.717) is 12.1 Å². The van der Waals surface area contributed by atoms with E-state index in [9.17, 15) is 18.0 Å². The minimum Gasteiger partial charge on any atom is -0.406 e. The van der Waals surface area contributed by atoms with Gasteiger partial charge in [0.25, 0.3) is 0 Å². The van der Waals surface area contributed by atoms with Gasteiger partial charge in [-0.15, -0.1) is 13.2 Å². The maximum absolute atomic E-state index is 12.8. The minimum atomic E-state index is -4.70. The molecule has 2 heterocycles. The lowest BCUT2D eigenvalue weighted by Gasteiger charge is -2.38. The van der Waals surface area contributed by atoms with Crippen molar-refractivity contribution in [2.24, 2.45) is 5.92 Å². The fraction of sp³-hybridized carbons (Fsp3) is 0.435. The van der Waals surface area contributed by atoms with Crippen LogP contribution in [0.1, 0.15) is 36.8 Å². The average Bonchev–Trinajstić information content (AvgIpc) is 2.90. The molecule has 2 aliphatic rings. The zero-order chi connectivity index (χ0) is 20.4. The molecule has 3 nitrogen and oxygen atoms in total. The number of hydrogen-bond donors (Lipinski definition) is 0. The second kappa shape index (κ2) is 8.19. The van der Waals surface area contributed by atoms with Crippen molar-refractivity contribution in [3.05, 3.63) is 65.7 Å². The third-order valence-electron chi connectivity index (χ3n) is 6.08. The van der Waals surface area contributed by atoms with Crippen molar-refractivity contribution in [2.45, 2.75) is 57.1 Å². The SMILES string of the molecule is O=C(Cc1ccc(OC(F)(F)F)cc1)C1CC2CCC(C1)N2Cc1ccccc1. The molecular formula is C23H24F3NO2. The molecule has 154 valence electrons. The first-order chi connectivity index (χ1) is 13.9. The monoisotopic (exact) mass is 403 g/mol. The lowest BCUT2D eigenvalue weighted by Crippen LogP contribution is -2.44. The molecule has 2 aromatic carbocycles. The van der Waals surface area contributed by atoms with Gasteiger partial charge in [0.05, 0.1) is 0 Å². The van der Waals surface area contributed by atoms with Crippen LogP contribution in [0, 0.1) is 5.92 Å². The quantitative estimate of drug-likeness (QED) is 0.669. The van der Waals surface area contributed by atoms with Gasteiger partial charge in [-0.3, -0.25) is 9.69 Å². The molecule has 29 heavy (non-hydrogen) atoms. The predicted molar refractivity (Wildman–Crippen MR) is 103 cm³/mol. The van der Waals surface area contributed by atoms with E-state index >= 15 is 0 Å². The van der Waals surface area contributed by atoms with Crippen molar-refractivity contribution >= 4 is 5.78 Å². The molecule has 0 aliphatic carbocycles. The number of carbonyl (C=O) groups is 1. The summed E-state index contributed by atoms with van der Waals surface area (Å²) >= 11 is 0. The summed E-state index contributed by atoms with van der Waals surface area (Å²) < 4.78 is 40.7. The van der Waals surface area contributed by atoms with Crippen molar-refractivity contribution in [1.29, 1.82) is 0 Å². The molecule has 2 aromatic rings. The molecule has 2 atom stereocenters. The van der Waals surface area contributed by atoms with Crippen LogP contribution in [0.15, 0.2) is 54.6 Å². The average molecular weight is 403 g/mol. The third-order valence-corrected chi connectivity index (χ3v) is 6.08. The van der Waals surface area contributed by atoms with Gasteiger partial charge in [-0.05, 0) is 48.9 Å². The molecule has 0 N–H and O–H groups in total. The van der Waals surface area contributed by atoms with Crippen molar-refractivity contribution in [3.63, 3.8) is 0 Å². The summed E-state index contributed by atoms with van der Waals surface area (Å²) in [5, 5.41) is 0. The molecule has 2 saturated heterocycles. The second-order valence-electron chi connectivity index (χ2n) is 8.05. The number of halogens is 3. The lowest BCUT2D eigenvalue weighted by molar-refractivity contribution is -0.274. The highest BCUT2D eigenvalue weighted by atomic mass is 19.4. The Kier molecular flexibility index (Phi) is 5.63. The number of alkyl halides is 3. The van der Waals surface area contributed by atoms with E-state index in [4.69, 9.17) is 0 Å². The molecule has 0 amide bonds. The van der Waals surface area contributed by atoms with Gasteiger partial charge in [0.2, 0.25) is 0 Å². The number of ether oxygens (including phenoxy) is 1. The van der Waals surface area contributed by atoms with Crippen molar-refractivity contribution < 1.29 is 22.7 Å². The van der Waals surface area contributed by atoms with Crippen molar-refractivity contribution in [2.75, 3.05) is 0 Å². The maximum atomic E-state index is 12.8. The number of nitrogens with zero attached hydrogens (tertiary/aromatic N) is 1. The molecule has 0 spiro atoms. The zero-order valence-corrected chi connectivity index (χ0v) is 16.1. The molecule has 0 aromatic heterocycles. The summed E-state index contributed by atoms with van der Waals surface area (Å²) in [6, 6.07) is 16.9. The van der Waals surface area contributed by atoms with Crippen LogP contribution >= 0.6 is 0 Å². The molecule has 2 unspecified atom stereocenters. The highest BCUT2D eigenvalue weighted by Crippen LogP contribution is 2.40. The van der Waals surface area contributed by atoms with E-state index in [1.165, 1.54) is 29.8 Å². The Morgan fingerprint density at radius 3 is 2.14 bits per heavy atom. The van der Waals surface area contributed by atoms with E-state index in [1.807, 2.05) is 6.07 Å². The fourth-order valence-corrected chi connectivity index (χ4v) is 4.74. The Balaban J connectivity index is 1.34. The zero-order valence-electron chi connectivity index (χ0n) is 16.1. The largest absolute Gasteiger partial charge is 0.573 e. The Hall–Kier alpha value is -2.34. The van der Waals surface area contributed by atoms with Gasteiger partial charge >= 0.3 is 6.36 Å². The Labute approximate surface area is 168 Å². The molecule has 2 aliphatic heterocycles. The number of fused-ring (bicyclic) bond motifs is 2. The van der Waals surface area contributed by atoms with Gasteiger partial charge in [0.1, 0.15) is 11.5 Å². The van der Waals surface area contributed by atoms with Gasteiger partial charge in [0, 0.05) is 31.0 Å². The van der Waals surface area contributed by atoms with Gasteiger partial charge in [-0.1, -0.05) is 42.5 Å². The van der Waals surface area contributed by atoms with Crippen LogP contribution in [-0.2, 0) is 17.8 Å². The van der Waals surface area contributed by atoms with Crippen LogP contribution in [0.2, 0.25) is 0 Å². The van der Waals surface area contributed by atoms with E-state index in [1.54, 1.807) is 0 Å². The minimum absolute atomic E-state index is 0.0330. The molecule has 4 rings (SSSR count). The van der Waals surface area contributed by atoms with Crippen LogP contribution in [0.5, 0.6) is 5.75 Å². The highest BCUT2D eigenvalue weighted by molar-refractivity contribution is 5.83. The van der Waals surface area contributed by atoms with E-state index in [-0.39, 0.29) is 23.9 Å². The van der Waals surface area contributed by atoms with Gasteiger partial charge in [-0.2, -0.15) is 0 Å². The smallest absolute Gasteiger partial charge is 0.406 e. The molecule has 2 fully saturated rings. The third kappa shape index (κ3) is 4.99. The first kappa shape index (κ1) is 20.0. The summed E-state index contributed by atoms with van der Waals surface area (Å²) in [7, 11) is 0. The Bertz CT molecular complexity index is 821. The van der Waals surface area contributed by atoms with E-state index in [0.717, 1.165) is 37.8 Å². The number of benzene rings is 2. The van der Waals surface area contributed by atoms with Gasteiger partial charge in [0.15, 0.2) is 0 Å². The molecule has 0 radical (unpaired) electrons. The summed E-state index contributed by atoms with van der Waals surface area (Å²) in [4.78, 5) is 15.4. The molecule has 2 bridgehead atoms. The molecule has 0 saturated carbocycles. The van der Waals surface area contributed by atoms with Gasteiger partial charge < -0.3 is 4.74 Å². The standard InChI is InChI=1S/C23H24F3NO2/c24-23(25,26)29-21-10-6-16(7-11-21)12-22(28)18-13-19-8-9-20(14-18)27(19)15-17-4-2-1-3-5-17/h1-7,10-11,18-20H,8-9,12-15H2. The fourth-order valence-electron chi connectivity index (χ4n) is 4.74. The van der Waals surface area contributed by atoms with Crippen LogP contribution in [0.25, 0.3) is 0 Å².